The van der Waals surface area contributed by atoms with Crippen LogP contribution in [0.4, 0.5) is 13.2 Å². The van der Waals surface area contributed by atoms with Crippen LogP contribution in [0.15, 0.2) is 59.7 Å². The van der Waals surface area contributed by atoms with E-state index in [1.165, 1.54) is 16.7 Å². The minimum Gasteiger partial charge on any atom is -0.487 e. The second-order valence-corrected chi connectivity index (χ2v) is 7.06. The third kappa shape index (κ3) is 4.51. The molecule has 2 aromatic heterocycles. The van der Waals surface area contributed by atoms with Gasteiger partial charge in [-0.05, 0) is 60.4 Å². The van der Waals surface area contributed by atoms with Crippen LogP contribution < -0.4 is 10.3 Å². The monoisotopic (exact) mass is 423 g/mol. The lowest BCUT2D eigenvalue weighted by Crippen LogP contribution is -2.19. The molecule has 0 saturated heterocycles. The molecule has 0 atom stereocenters. The summed E-state index contributed by atoms with van der Waals surface area (Å²) in [6.07, 6.45) is 1.22. The van der Waals surface area contributed by atoms with Gasteiger partial charge in [-0.15, -0.1) is 0 Å². The number of ether oxygens (including phenoxy) is 1. The average Bonchev–Trinajstić information content (AvgIpc) is 2.76. The number of hydrogen-bond acceptors (Lipinski definition) is 4. The number of aryl methyl sites for hydroxylation is 1. The lowest BCUT2D eigenvalue weighted by molar-refractivity contribution is -0.137. The maximum atomic E-state index is 12.6. The zero-order valence-corrected chi connectivity index (χ0v) is 16.2. The van der Waals surface area contributed by atoms with Crippen LogP contribution in [0.1, 0.15) is 34.4 Å². The molecule has 0 radical (unpaired) electrons. The van der Waals surface area contributed by atoms with Crippen molar-refractivity contribution in [3.05, 3.63) is 93.2 Å². The van der Waals surface area contributed by atoms with Gasteiger partial charge in [0.2, 0.25) is 0 Å². The van der Waals surface area contributed by atoms with Gasteiger partial charge >= 0.3 is 6.18 Å². The fourth-order valence-corrected chi connectivity index (χ4v) is 3.36. The van der Waals surface area contributed by atoms with Crippen molar-refractivity contribution in [2.45, 2.75) is 25.6 Å². The first-order valence-electron chi connectivity index (χ1n) is 9.45. The Hall–Kier alpha value is -3.86. The average molecular weight is 423 g/mol. The summed E-state index contributed by atoms with van der Waals surface area (Å²) in [7, 11) is 0. The number of aromatic nitrogens is 2. The molecule has 0 bridgehead atoms. The van der Waals surface area contributed by atoms with E-state index in [0.717, 1.165) is 35.5 Å². The van der Waals surface area contributed by atoms with Crippen LogP contribution in [0, 0.1) is 11.3 Å². The Bertz CT molecular complexity index is 1250. The standard InChI is InChI=1S/C23H16F3N3O2/c24-23(25,26)18-4-5-19(28-13-18)14-31-21-7-8-29(22(30)11-21)20-6-3-16-9-15(12-27)1-2-17(16)10-20/h1-2,4-5,7-11,13H,3,6,14H2. The summed E-state index contributed by atoms with van der Waals surface area (Å²) in [4.78, 5) is 16.3. The number of halogens is 3. The summed E-state index contributed by atoms with van der Waals surface area (Å²) < 4.78 is 44.8. The molecule has 0 N–H and O–H groups in total. The maximum Gasteiger partial charge on any atom is 0.417 e. The van der Waals surface area contributed by atoms with Gasteiger partial charge in [0, 0.05) is 24.2 Å². The van der Waals surface area contributed by atoms with E-state index in [2.05, 4.69) is 11.1 Å². The van der Waals surface area contributed by atoms with Crippen molar-refractivity contribution in [2.24, 2.45) is 0 Å². The minimum atomic E-state index is -4.44. The van der Waals surface area contributed by atoms with Crippen LogP contribution in [-0.2, 0) is 19.2 Å². The van der Waals surface area contributed by atoms with E-state index in [4.69, 9.17) is 10.00 Å². The SMILES string of the molecule is N#Cc1ccc2c(c1)CCC(n1ccc(OCc3ccc(C(F)(F)F)cn3)cc1=O)=C2. The zero-order chi connectivity index (χ0) is 22.0. The molecule has 4 rings (SSSR count). The number of nitrogens with zero attached hydrogens (tertiary/aromatic N) is 3. The van der Waals surface area contributed by atoms with Crippen LogP contribution in [0.3, 0.4) is 0 Å². The molecule has 3 aromatic rings. The number of alkyl halides is 3. The first-order valence-corrected chi connectivity index (χ1v) is 9.45. The van der Waals surface area contributed by atoms with Crippen molar-refractivity contribution in [1.82, 2.24) is 9.55 Å². The van der Waals surface area contributed by atoms with Gasteiger partial charge < -0.3 is 4.74 Å². The van der Waals surface area contributed by atoms with E-state index in [0.29, 0.717) is 23.4 Å². The van der Waals surface area contributed by atoms with E-state index in [1.807, 2.05) is 18.2 Å². The predicted molar refractivity (Wildman–Crippen MR) is 108 cm³/mol. The predicted octanol–water partition coefficient (Wildman–Crippen LogP) is 4.66. The molecule has 0 fully saturated rings. The van der Waals surface area contributed by atoms with Crippen molar-refractivity contribution < 1.29 is 17.9 Å². The molecule has 0 saturated carbocycles. The van der Waals surface area contributed by atoms with Gasteiger partial charge in [-0.3, -0.25) is 14.3 Å². The number of benzene rings is 1. The van der Waals surface area contributed by atoms with Gasteiger partial charge in [0.15, 0.2) is 0 Å². The highest BCUT2D eigenvalue weighted by atomic mass is 19.4. The van der Waals surface area contributed by atoms with Crippen molar-refractivity contribution in [3.8, 4) is 11.8 Å². The highest BCUT2D eigenvalue weighted by Crippen LogP contribution is 2.29. The summed E-state index contributed by atoms with van der Waals surface area (Å²) in [6.45, 7) is -0.0567. The van der Waals surface area contributed by atoms with Crippen LogP contribution in [0.5, 0.6) is 5.75 Å². The first-order chi connectivity index (χ1) is 14.8. The number of fused-ring (bicyclic) bond motifs is 1. The third-order valence-electron chi connectivity index (χ3n) is 4.98. The van der Waals surface area contributed by atoms with Crippen LogP contribution in [-0.4, -0.2) is 9.55 Å². The smallest absolute Gasteiger partial charge is 0.417 e. The van der Waals surface area contributed by atoms with Crippen LogP contribution >= 0.6 is 0 Å². The lowest BCUT2D eigenvalue weighted by atomic mass is 9.93. The Kier molecular flexibility index (Phi) is 5.34. The molecule has 1 aromatic carbocycles. The Morgan fingerprint density at radius 2 is 1.97 bits per heavy atom. The zero-order valence-electron chi connectivity index (χ0n) is 16.2. The summed E-state index contributed by atoms with van der Waals surface area (Å²) in [5.41, 5.74) is 2.70. The van der Waals surface area contributed by atoms with E-state index < -0.39 is 11.7 Å². The van der Waals surface area contributed by atoms with Gasteiger partial charge in [-0.25, -0.2) is 0 Å². The Morgan fingerprint density at radius 1 is 1.13 bits per heavy atom. The normalized spacial score (nSPS) is 13.2. The number of hydrogen-bond donors (Lipinski definition) is 0. The third-order valence-corrected chi connectivity index (χ3v) is 4.98. The first kappa shape index (κ1) is 20.4. The van der Waals surface area contributed by atoms with Crippen molar-refractivity contribution in [2.75, 3.05) is 0 Å². The largest absolute Gasteiger partial charge is 0.487 e. The molecule has 1 aliphatic rings. The minimum absolute atomic E-state index is 0.0567. The molecule has 0 amide bonds. The highest BCUT2D eigenvalue weighted by molar-refractivity contribution is 5.75. The lowest BCUT2D eigenvalue weighted by Gasteiger charge is -2.18. The Labute approximate surface area is 175 Å². The molecule has 156 valence electrons. The Balaban J connectivity index is 1.48. The van der Waals surface area contributed by atoms with Gasteiger partial charge in [-0.1, -0.05) is 6.07 Å². The second-order valence-electron chi connectivity index (χ2n) is 7.06. The fourth-order valence-electron chi connectivity index (χ4n) is 3.36. The number of pyridine rings is 2. The van der Waals surface area contributed by atoms with Gasteiger partial charge in [0.1, 0.15) is 12.4 Å². The van der Waals surface area contributed by atoms with E-state index in [-0.39, 0.29) is 12.2 Å². The number of rotatable bonds is 4. The molecule has 0 unspecified atom stereocenters. The maximum absolute atomic E-state index is 12.6. The summed E-state index contributed by atoms with van der Waals surface area (Å²) in [5.74, 6) is 0.304. The van der Waals surface area contributed by atoms with E-state index in [9.17, 15) is 18.0 Å². The van der Waals surface area contributed by atoms with Crippen LogP contribution in [0.2, 0.25) is 0 Å². The fraction of sp³-hybridized carbons (Fsp3) is 0.174. The van der Waals surface area contributed by atoms with Crippen molar-refractivity contribution in [1.29, 1.82) is 5.26 Å². The van der Waals surface area contributed by atoms with Gasteiger partial charge in [-0.2, -0.15) is 18.4 Å². The molecular formula is C23H16F3N3O2. The van der Waals surface area contributed by atoms with Crippen LogP contribution in [0.25, 0.3) is 11.8 Å². The number of allylic oxidation sites excluding steroid dienone is 1. The summed E-state index contributed by atoms with van der Waals surface area (Å²) >= 11 is 0. The molecule has 2 heterocycles. The van der Waals surface area contributed by atoms with Gasteiger partial charge in [0.25, 0.3) is 5.56 Å². The molecule has 0 aliphatic heterocycles. The molecule has 31 heavy (non-hydrogen) atoms. The summed E-state index contributed by atoms with van der Waals surface area (Å²) in [6, 6.07) is 12.7. The molecule has 1 aliphatic carbocycles. The molecule has 0 spiro atoms. The van der Waals surface area contributed by atoms with E-state index in [1.54, 1.807) is 18.3 Å². The highest BCUT2D eigenvalue weighted by Gasteiger charge is 2.30. The quantitative estimate of drug-likeness (QED) is 0.612. The molecule has 8 heteroatoms. The van der Waals surface area contributed by atoms with E-state index >= 15 is 0 Å². The van der Waals surface area contributed by atoms with Crippen molar-refractivity contribution in [3.63, 3.8) is 0 Å². The van der Waals surface area contributed by atoms with Gasteiger partial charge in [0.05, 0.1) is 22.9 Å². The Morgan fingerprint density at radius 3 is 2.65 bits per heavy atom. The molecular weight excluding hydrogens is 407 g/mol. The number of nitriles is 1. The topological polar surface area (TPSA) is 67.9 Å². The summed E-state index contributed by atoms with van der Waals surface area (Å²) in [5, 5.41) is 9.02. The second kappa shape index (κ2) is 8.11. The molecule has 5 nitrogen and oxygen atoms in total. The van der Waals surface area contributed by atoms with Crippen molar-refractivity contribution >= 4 is 11.8 Å².